The summed E-state index contributed by atoms with van der Waals surface area (Å²) in [6.07, 6.45) is 3.08. The van der Waals surface area contributed by atoms with Crippen molar-refractivity contribution in [3.8, 4) is 0 Å². The number of carboxylic acid groups (broad SMARTS) is 1. The highest BCUT2D eigenvalue weighted by atomic mass is 32.2. The summed E-state index contributed by atoms with van der Waals surface area (Å²) in [5.41, 5.74) is 2.11. The van der Waals surface area contributed by atoms with Crippen LogP contribution in [0.5, 0.6) is 0 Å². The van der Waals surface area contributed by atoms with Crippen LogP contribution in [0.3, 0.4) is 0 Å². The molecule has 17 heavy (non-hydrogen) atoms. The molecule has 6 heteroatoms. The Morgan fingerprint density at radius 2 is 2.24 bits per heavy atom. The van der Waals surface area contributed by atoms with Gasteiger partial charge in [-0.1, -0.05) is 13.8 Å². The van der Waals surface area contributed by atoms with Crippen LogP contribution in [0.15, 0.2) is 27.4 Å². The fourth-order valence-electron chi connectivity index (χ4n) is 1.94. The van der Waals surface area contributed by atoms with Crippen molar-refractivity contribution in [1.82, 2.24) is 4.90 Å². The Balaban J connectivity index is 2.39. The highest BCUT2D eigenvalue weighted by Crippen LogP contribution is 2.28. The number of aliphatic imine (C=N–C) groups is 1. The minimum atomic E-state index is -1.64. The third-order valence-corrected chi connectivity index (χ3v) is 4.19. The number of allylic oxidation sites excluding steroid dienone is 1. The SMILES string of the molecule is CCC1=C(CC)N=C2N(C=C(C(=O)O)S2=O)C1. The number of nitrogens with zero attached hydrogens (tertiary/aromatic N) is 2. The molecule has 0 aromatic heterocycles. The second-order valence-electron chi connectivity index (χ2n) is 3.85. The molecule has 0 fully saturated rings. The van der Waals surface area contributed by atoms with E-state index in [0.29, 0.717) is 11.7 Å². The van der Waals surface area contributed by atoms with Crippen LogP contribution in [0.1, 0.15) is 26.7 Å². The summed E-state index contributed by atoms with van der Waals surface area (Å²) in [7, 11) is -1.64. The summed E-state index contributed by atoms with van der Waals surface area (Å²) in [5, 5.41) is 9.28. The molecule has 0 saturated carbocycles. The molecule has 0 amide bonds. The largest absolute Gasteiger partial charge is 0.477 e. The van der Waals surface area contributed by atoms with Gasteiger partial charge in [-0.3, -0.25) is 0 Å². The van der Waals surface area contributed by atoms with Gasteiger partial charge in [0.25, 0.3) is 0 Å². The van der Waals surface area contributed by atoms with Gasteiger partial charge >= 0.3 is 5.97 Å². The van der Waals surface area contributed by atoms with Crippen LogP contribution < -0.4 is 0 Å². The summed E-state index contributed by atoms with van der Waals surface area (Å²) < 4.78 is 11.9. The van der Waals surface area contributed by atoms with Crippen molar-refractivity contribution < 1.29 is 14.1 Å². The zero-order valence-electron chi connectivity index (χ0n) is 9.77. The Morgan fingerprint density at radius 3 is 2.76 bits per heavy atom. The number of carboxylic acids is 1. The van der Waals surface area contributed by atoms with Gasteiger partial charge in [-0.25, -0.2) is 14.0 Å². The predicted octanol–water partition coefficient (Wildman–Crippen LogP) is 1.42. The predicted molar refractivity (Wildman–Crippen MR) is 65.6 cm³/mol. The van der Waals surface area contributed by atoms with E-state index in [0.717, 1.165) is 18.5 Å². The van der Waals surface area contributed by atoms with Crippen molar-refractivity contribution in [3.63, 3.8) is 0 Å². The van der Waals surface area contributed by atoms with E-state index < -0.39 is 16.8 Å². The first-order chi connectivity index (χ1) is 8.08. The van der Waals surface area contributed by atoms with Crippen molar-refractivity contribution in [2.45, 2.75) is 26.7 Å². The summed E-state index contributed by atoms with van der Waals surface area (Å²) in [4.78, 5) is 16.8. The van der Waals surface area contributed by atoms with E-state index in [1.165, 1.54) is 11.8 Å². The van der Waals surface area contributed by atoms with E-state index in [-0.39, 0.29) is 4.91 Å². The molecular formula is C11H14N2O3S. The molecular weight excluding hydrogens is 240 g/mol. The molecule has 0 aromatic carbocycles. The molecule has 0 saturated heterocycles. The third-order valence-electron chi connectivity index (χ3n) is 2.86. The molecule has 0 bridgehead atoms. The average molecular weight is 254 g/mol. The number of fused-ring (bicyclic) bond motifs is 1. The van der Waals surface area contributed by atoms with Crippen molar-refractivity contribution >= 4 is 21.9 Å². The number of carbonyl (C=O) groups is 1. The van der Waals surface area contributed by atoms with E-state index in [9.17, 15) is 9.00 Å². The molecule has 2 rings (SSSR count). The topological polar surface area (TPSA) is 70.0 Å². The average Bonchev–Trinajstić information content (AvgIpc) is 2.64. The fraction of sp³-hybridized carbons (Fsp3) is 0.455. The van der Waals surface area contributed by atoms with Crippen LogP contribution in [0.2, 0.25) is 0 Å². The lowest BCUT2D eigenvalue weighted by Crippen LogP contribution is -2.30. The van der Waals surface area contributed by atoms with Crippen molar-refractivity contribution in [2.75, 3.05) is 6.54 Å². The first-order valence-corrected chi connectivity index (χ1v) is 6.66. The maximum atomic E-state index is 11.9. The second kappa shape index (κ2) is 4.44. The molecule has 2 aliphatic heterocycles. The molecule has 2 heterocycles. The maximum absolute atomic E-state index is 11.9. The lowest BCUT2D eigenvalue weighted by atomic mass is 10.1. The lowest BCUT2D eigenvalue weighted by molar-refractivity contribution is -0.131. The molecule has 1 unspecified atom stereocenters. The van der Waals surface area contributed by atoms with Crippen LogP contribution in [0, 0.1) is 0 Å². The third kappa shape index (κ3) is 1.93. The summed E-state index contributed by atoms with van der Waals surface area (Å²) in [6, 6.07) is 0. The van der Waals surface area contributed by atoms with Crippen molar-refractivity contribution in [3.05, 3.63) is 22.4 Å². The van der Waals surface area contributed by atoms with E-state index in [1.807, 2.05) is 13.8 Å². The van der Waals surface area contributed by atoms with Gasteiger partial charge in [0.2, 0.25) is 5.17 Å². The van der Waals surface area contributed by atoms with E-state index in [4.69, 9.17) is 5.11 Å². The quantitative estimate of drug-likeness (QED) is 0.827. The van der Waals surface area contributed by atoms with Crippen molar-refractivity contribution in [1.29, 1.82) is 0 Å². The zero-order valence-corrected chi connectivity index (χ0v) is 10.6. The van der Waals surface area contributed by atoms with Crippen LogP contribution in [0.25, 0.3) is 0 Å². The number of amidine groups is 1. The monoisotopic (exact) mass is 254 g/mol. The highest BCUT2D eigenvalue weighted by Gasteiger charge is 2.35. The van der Waals surface area contributed by atoms with Gasteiger partial charge in [-0.2, -0.15) is 0 Å². The Labute approximate surface area is 102 Å². The summed E-state index contributed by atoms with van der Waals surface area (Å²) >= 11 is 0. The summed E-state index contributed by atoms with van der Waals surface area (Å²) in [5.74, 6) is -1.14. The maximum Gasteiger partial charge on any atom is 0.346 e. The number of hydrogen-bond donors (Lipinski definition) is 1. The Morgan fingerprint density at radius 1 is 1.53 bits per heavy atom. The first kappa shape index (κ1) is 12.0. The normalized spacial score (nSPS) is 23.4. The standard InChI is InChI=1S/C11H14N2O3S/c1-3-7-5-13-6-9(10(14)15)17(16)11(13)12-8(7)4-2/h6H,3-5H2,1-2H3,(H,14,15). The van der Waals surface area contributed by atoms with Crippen LogP contribution in [-0.2, 0) is 15.6 Å². The van der Waals surface area contributed by atoms with Gasteiger partial charge in [0.05, 0.1) is 0 Å². The van der Waals surface area contributed by atoms with Crippen LogP contribution in [0.4, 0.5) is 0 Å². The van der Waals surface area contributed by atoms with Gasteiger partial charge in [0.1, 0.15) is 15.7 Å². The molecule has 0 aliphatic carbocycles. The Bertz CT molecular complexity index is 491. The van der Waals surface area contributed by atoms with Crippen LogP contribution in [-0.4, -0.2) is 31.9 Å². The van der Waals surface area contributed by atoms with E-state index in [1.54, 1.807) is 4.90 Å². The van der Waals surface area contributed by atoms with Crippen LogP contribution >= 0.6 is 0 Å². The minimum Gasteiger partial charge on any atom is -0.477 e. The summed E-state index contributed by atoms with van der Waals surface area (Å²) in [6.45, 7) is 4.63. The van der Waals surface area contributed by atoms with Crippen molar-refractivity contribution in [2.24, 2.45) is 4.99 Å². The van der Waals surface area contributed by atoms with E-state index >= 15 is 0 Å². The van der Waals surface area contributed by atoms with Gasteiger partial charge in [0, 0.05) is 18.4 Å². The molecule has 1 atom stereocenters. The fourth-order valence-corrected chi connectivity index (χ4v) is 3.04. The Kier molecular flexibility index (Phi) is 3.15. The van der Waals surface area contributed by atoms with Gasteiger partial charge < -0.3 is 10.0 Å². The van der Waals surface area contributed by atoms with E-state index in [2.05, 4.69) is 4.99 Å². The molecule has 2 aliphatic rings. The minimum absolute atomic E-state index is 0.0865. The van der Waals surface area contributed by atoms with Gasteiger partial charge in [-0.05, 0) is 18.4 Å². The highest BCUT2D eigenvalue weighted by molar-refractivity contribution is 8.05. The molecule has 0 radical (unpaired) electrons. The molecule has 92 valence electrons. The molecule has 1 N–H and O–H groups in total. The lowest BCUT2D eigenvalue weighted by Gasteiger charge is -2.24. The van der Waals surface area contributed by atoms with Gasteiger partial charge in [0.15, 0.2) is 0 Å². The first-order valence-electron chi connectivity index (χ1n) is 5.51. The molecule has 0 aromatic rings. The molecule has 0 spiro atoms. The molecule has 5 nitrogen and oxygen atoms in total. The number of aliphatic carboxylic acids is 1. The number of rotatable bonds is 3. The Hall–Kier alpha value is -1.43. The zero-order chi connectivity index (χ0) is 12.6. The second-order valence-corrected chi connectivity index (χ2v) is 5.19. The van der Waals surface area contributed by atoms with Gasteiger partial charge in [-0.15, -0.1) is 0 Å². The number of hydrogen-bond acceptors (Lipinski definition) is 4. The smallest absolute Gasteiger partial charge is 0.346 e.